The van der Waals surface area contributed by atoms with Gasteiger partial charge in [-0.3, -0.25) is 4.79 Å². The molecule has 0 saturated carbocycles. The first kappa shape index (κ1) is 21.7. The number of benzene rings is 1. The lowest BCUT2D eigenvalue weighted by molar-refractivity contribution is -0.117. The molecule has 6 nitrogen and oxygen atoms in total. The van der Waals surface area contributed by atoms with Crippen molar-refractivity contribution in [2.24, 2.45) is 4.99 Å². The van der Waals surface area contributed by atoms with Gasteiger partial charge in [-0.1, -0.05) is 24.2 Å². The number of carbonyl (C=O) groups is 1. The van der Waals surface area contributed by atoms with Crippen LogP contribution >= 0.6 is 11.6 Å². The summed E-state index contributed by atoms with van der Waals surface area (Å²) >= 11 is 5.93. The Kier molecular flexibility index (Phi) is 8.81. The maximum absolute atomic E-state index is 13.7. The first-order valence-electron chi connectivity index (χ1n) is 7.74. The lowest BCUT2D eigenvalue weighted by atomic mass is 10.2. The van der Waals surface area contributed by atoms with E-state index in [2.05, 4.69) is 23.6 Å². The number of nitrogens with zero attached hydrogens (tertiary/aromatic N) is 2. The Morgan fingerprint density at radius 2 is 2.12 bits per heavy atom. The molecule has 0 aromatic heterocycles. The van der Waals surface area contributed by atoms with E-state index in [1.165, 1.54) is 19.2 Å². The van der Waals surface area contributed by atoms with Gasteiger partial charge in [-0.15, -0.1) is 0 Å². The number of hydrogen-bond donors (Lipinski definition) is 1. The summed E-state index contributed by atoms with van der Waals surface area (Å²) in [5.41, 5.74) is 0.534. The molecule has 26 heavy (non-hydrogen) atoms. The summed E-state index contributed by atoms with van der Waals surface area (Å²) in [6.45, 7) is 7.97. The average Bonchev–Trinajstić information content (AvgIpc) is 2.58. The van der Waals surface area contributed by atoms with Gasteiger partial charge in [0.2, 0.25) is 5.88 Å². The Balaban J connectivity index is 2.87. The average molecular weight is 384 g/mol. The molecule has 1 amide bonds. The van der Waals surface area contributed by atoms with Crippen LogP contribution in [0.5, 0.6) is 5.75 Å². The van der Waals surface area contributed by atoms with Crippen LogP contribution in [0, 0.1) is 5.82 Å². The molecule has 0 bridgehead atoms. The van der Waals surface area contributed by atoms with Crippen LogP contribution in [0.1, 0.15) is 5.56 Å². The van der Waals surface area contributed by atoms with Gasteiger partial charge in [0.1, 0.15) is 12.2 Å². The van der Waals surface area contributed by atoms with Crippen molar-refractivity contribution in [2.45, 2.75) is 6.54 Å². The highest BCUT2D eigenvalue weighted by Crippen LogP contribution is 2.20. The van der Waals surface area contributed by atoms with Crippen molar-refractivity contribution in [1.82, 2.24) is 10.2 Å². The Bertz CT molecular complexity index is 705. The van der Waals surface area contributed by atoms with E-state index >= 15 is 0 Å². The maximum Gasteiger partial charge on any atom is 0.258 e. The van der Waals surface area contributed by atoms with Crippen molar-refractivity contribution in [2.75, 3.05) is 34.4 Å². The van der Waals surface area contributed by atoms with Crippen molar-refractivity contribution in [3.63, 3.8) is 0 Å². The molecule has 0 aliphatic heterocycles. The molecule has 1 N–H and O–H groups in total. The Morgan fingerprint density at radius 1 is 1.42 bits per heavy atom. The fraction of sp³-hybridized carbons (Fsp3) is 0.333. The number of hydrogen-bond acceptors (Lipinski definition) is 5. The van der Waals surface area contributed by atoms with Crippen molar-refractivity contribution in [1.29, 1.82) is 0 Å². The van der Waals surface area contributed by atoms with Crippen molar-refractivity contribution >= 4 is 24.2 Å². The zero-order valence-electron chi connectivity index (χ0n) is 15.1. The standard InChI is InChI=1S/C18H23ClFN3O3/c1-12(19)16(18(21-2)26-9-8-23(3)4)17(24)22-11-13-6-7-15(25-5)14(20)10-13/h6-7,10H,1-2,8-9,11H2,3-5H3,(H,22,24)/b18-16-. The number of rotatable bonds is 10. The molecule has 0 spiro atoms. The first-order chi connectivity index (χ1) is 12.3. The third-order valence-corrected chi connectivity index (χ3v) is 3.49. The molecule has 0 fully saturated rings. The van der Waals surface area contributed by atoms with Crippen LogP contribution in [0.15, 0.2) is 46.3 Å². The molecular weight excluding hydrogens is 361 g/mol. The highest BCUT2D eigenvalue weighted by atomic mass is 35.5. The number of aliphatic imine (C=N–C) groups is 1. The van der Waals surface area contributed by atoms with E-state index in [0.717, 1.165) is 0 Å². The molecule has 0 unspecified atom stereocenters. The topological polar surface area (TPSA) is 63.2 Å². The lowest BCUT2D eigenvalue weighted by Gasteiger charge is -2.14. The third-order valence-electron chi connectivity index (χ3n) is 3.30. The van der Waals surface area contributed by atoms with Crippen LogP contribution in [-0.4, -0.2) is 51.9 Å². The predicted octanol–water partition coefficient (Wildman–Crippen LogP) is 2.69. The summed E-state index contributed by atoms with van der Waals surface area (Å²) in [5, 5.41) is 2.60. The van der Waals surface area contributed by atoms with E-state index in [4.69, 9.17) is 21.1 Å². The highest BCUT2D eigenvalue weighted by molar-refractivity contribution is 6.35. The lowest BCUT2D eigenvalue weighted by Crippen LogP contribution is -2.26. The molecule has 0 aliphatic carbocycles. The molecule has 8 heteroatoms. The molecule has 0 atom stereocenters. The minimum absolute atomic E-state index is 0.00902. The number of carbonyl (C=O) groups excluding carboxylic acids is 1. The van der Waals surface area contributed by atoms with Gasteiger partial charge >= 0.3 is 0 Å². The second-order valence-corrected chi connectivity index (χ2v) is 6.00. The minimum Gasteiger partial charge on any atom is -0.494 e. The quantitative estimate of drug-likeness (QED) is 0.292. The van der Waals surface area contributed by atoms with E-state index < -0.39 is 11.7 Å². The zero-order chi connectivity index (χ0) is 19.7. The number of amides is 1. The normalized spacial score (nSPS) is 11.6. The fourth-order valence-electron chi connectivity index (χ4n) is 1.95. The van der Waals surface area contributed by atoms with Gasteiger partial charge in [0.05, 0.1) is 12.1 Å². The van der Waals surface area contributed by atoms with Crippen LogP contribution in [-0.2, 0) is 16.1 Å². The number of halogens is 2. The van der Waals surface area contributed by atoms with E-state index in [0.29, 0.717) is 18.7 Å². The molecule has 0 saturated heterocycles. The summed E-state index contributed by atoms with van der Waals surface area (Å²) in [6, 6.07) is 4.40. The Labute approximate surface area is 157 Å². The van der Waals surface area contributed by atoms with Crippen LogP contribution in [0.25, 0.3) is 0 Å². The van der Waals surface area contributed by atoms with Crippen LogP contribution < -0.4 is 10.1 Å². The molecule has 1 rings (SSSR count). The number of nitrogens with one attached hydrogen (secondary N) is 1. The molecule has 0 aliphatic rings. The second kappa shape index (κ2) is 10.6. The maximum atomic E-state index is 13.7. The van der Waals surface area contributed by atoms with Gasteiger partial charge in [-0.2, -0.15) is 0 Å². The molecule has 1 aromatic rings. The van der Waals surface area contributed by atoms with Gasteiger partial charge in [0, 0.05) is 13.1 Å². The van der Waals surface area contributed by atoms with Gasteiger partial charge in [0.15, 0.2) is 11.6 Å². The number of methoxy groups -OCH3 is 1. The smallest absolute Gasteiger partial charge is 0.258 e. The summed E-state index contributed by atoms with van der Waals surface area (Å²) in [7, 11) is 5.15. The van der Waals surface area contributed by atoms with Gasteiger partial charge in [-0.05, 0) is 38.5 Å². The largest absolute Gasteiger partial charge is 0.494 e. The SMILES string of the molecule is C=N/C(OCCN(C)C)=C(\C(=C)Cl)C(=O)NCc1ccc(OC)c(F)c1. The predicted molar refractivity (Wildman–Crippen MR) is 101 cm³/mol. The van der Waals surface area contributed by atoms with E-state index in [9.17, 15) is 9.18 Å². The number of likely N-dealkylation sites (N-methyl/N-ethyl adjacent to an activating group) is 1. The van der Waals surface area contributed by atoms with Crippen molar-refractivity contribution < 1.29 is 18.7 Å². The van der Waals surface area contributed by atoms with Crippen LogP contribution in [0.2, 0.25) is 0 Å². The summed E-state index contributed by atoms with van der Waals surface area (Å²) in [6.07, 6.45) is 0. The minimum atomic E-state index is -0.548. The summed E-state index contributed by atoms with van der Waals surface area (Å²) < 4.78 is 24.1. The Hall–Kier alpha value is -2.38. The van der Waals surface area contributed by atoms with E-state index in [-0.39, 0.29) is 28.8 Å². The van der Waals surface area contributed by atoms with Crippen LogP contribution in [0.4, 0.5) is 4.39 Å². The van der Waals surface area contributed by atoms with Gasteiger partial charge in [-0.25, -0.2) is 9.38 Å². The molecule has 142 valence electrons. The van der Waals surface area contributed by atoms with Crippen LogP contribution in [0.3, 0.4) is 0 Å². The molecule has 0 radical (unpaired) electrons. The molecular formula is C18H23ClFN3O3. The van der Waals surface area contributed by atoms with E-state index in [1.807, 2.05) is 19.0 Å². The fourth-order valence-corrected chi connectivity index (χ4v) is 2.12. The third kappa shape index (κ3) is 6.50. The summed E-state index contributed by atoms with van der Waals surface area (Å²) in [4.78, 5) is 18.1. The zero-order valence-corrected chi connectivity index (χ0v) is 15.9. The Morgan fingerprint density at radius 3 is 2.62 bits per heavy atom. The second-order valence-electron chi connectivity index (χ2n) is 5.55. The van der Waals surface area contributed by atoms with Gasteiger partial charge in [0.25, 0.3) is 5.91 Å². The van der Waals surface area contributed by atoms with Gasteiger partial charge < -0.3 is 19.7 Å². The first-order valence-corrected chi connectivity index (χ1v) is 8.11. The van der Waals surface area contributed by atoms with Crippen molar-refractivity contribution in [3.05, 3.63) is 52.6 Å². The highest BCUT2D eigenvalue weighted by Gasteiger charge is 2.19. The molecule has 1 aromatic carbocycles. The van der Waals surface area contributed by atoms with E-state index in [1.54, 1.807) is 6.07 Å². The molecule has 0 heterocycles. The summed E-state index contributed by atoms with van der Waals surface area (Å²) in [5.74, 6) is -0.946. The monoisotopic (exact) mass is 383 g/mol. The van der Waals surface area contributed by atoms with Crippen molar-refractivity contribution in [3.8, 4) is 5.75 Å². The number of ether oxygens (including phenoxy) is 2.